The van der Waals surface area contributed by atoms with Gasteiger partial charge in [-0.25, -0.2) is 0 Å². The molecule has 3 aromatic rings. The van der Waals surface area contributed by atoms with Crippen LogP contribution in [0, 0.1) is 0 Å². The fraction of sp³-hybridized carbons (Fsp3) is 0.360. The number of aromatic nitrogens is 1. The van der Waals surface area contributed by atoms with Crippen molar-refractivity contribution in [1.29, 1.82) is 0 Å². The van der Waals surface area contributed by atoms with Crippen molar-refractivity contribution >= 4 is 11.8 Å². The summed E-state index contributed by atoms with van der Waals surface area (Å²) >= 11 is 0. The highest BCUT2D eigenvalue weighted by molar-refractivity contribution is 5.96. The van der Waals surface area contributed by atoms with E-state index in [1.54, 1.807) is 17.0 Å². The van der Waals surface area contributed by atoms with Gasteiger partial charge in [-0.15, -0.1) is 0 Å². The minimum absolute atomic E-state index is 0.0983. The molecule has 6 nitrogen and oxygen atoms in total. The van der Waals surface area contributed by atoms with Gasteiger partial charge in [-0.1, -0.05) is 6.92 Å². The molecule has 9 heteroatoms. The molecular formula is C25H28F3N3O3. The van der Waals surface area contributed by atoms with Crippen LogP contribution in [0.5, 0.6) is 0 Å². The third-order valence-electron chi connectivity index (χ3n) is 5.83. The van der Waals surface area contributed by atoms with Crippen LogP contribution in [0.15, 0.2) is 65.4 Å². The van der Waals surface area contributed by atoms with E-state index in [0.29, 0.717) is 18.7 Å². The first kappa shape index (κ1) is 25.1. The Kier molecular flexibility index (Phi) is 7.86. The highest BCUT2D eigenvalue weighted by Crippen LogP contribution is 2.29. The summed E-state index contributed by atoms with van der Waals surface area (Å²) in [5, 5.41) is 0. The van der Waals surface area contributed by atoms with Crippen molar-refractivity contribution in [1.82, 2.24) is 14.4 Å². The zero-order valence-electron chi connectivity index (χ0n) is 19.4. The van der Waals surface area contributed by atoms with Gasteiger partial charge in [-0.2, -0.15) is 13.2 Å². The number of furan rings is 1. The van der Waals surface area contributed by atoms with Crippen LogP contribution in [0.25, 0.3) is 0 Å². The Balaban J connectivity index is 1.82. The molecule has 3 rings (SSSR count). The molecule has 0 aliphatic carbocycles. The third kappa shape index (κ3) is 6.09. The van der Waals surface area contributed by atoms with Crippen LogP contribution in [-0.2, 0) is 31.1 Å². The molecule has 0 saturated carbocycles. The summed E-state index contributed by atoms with van der Waals surface area (Å²) in [6, 6.07) is 11.0. The summed E-state index contributed by atoms with van der Waals surface area (Å²) < 4.78 is 46.0. The van der Waals surface area contributed by atoms with Crippen molar-refractivity contribution in [2.45, 2.75) is 45.6 Å². The van der Waals surface area contributed by atoms with Gasteiger partial charge in [0, 0.05) is 30.5 Å². The highest BCUT2D eigenvalue weighted by Gasteiger charge is 2.31. The predicted octanol–water partition coefficient (Wildman–Crippen LogP) is 5.11. The van der Waals surface area contributed by atoms with E-state index in [1.165, 1.54) is 11.2 Å². The monoisotopic (exact) mass is 475 g/mol. The van der Waals surface area contributed by atoms with Crippen molar-refractivity contribution in [3.05, 3.63) is 83.6 Å². The van der Waals surface area contributed by atoms with Crippen LogP contribution in [0.2, 0.25) is 0 Å². The molecule has 0 saturated heterocycles. The number of rotatable bonds is 9. The van der Waals surface area contributed by atoms with E-state index in [1.807, 2.05) is 43.8 Å². The van der Waals surface area contributed by atoms with Crippen LogP contribution < -0.4 is 0 Å². The minimum Gasteiger partial charge on any atom is -0.467 e. The van der Waals surface area contributed by atoms with Crippen molar-refractivity contribution in [2.24, 2.45) is 7.05 Å². The molecule has 0 fully saturated rings. The van der Waals surface area contributed by atoms with Gasteiger partial charge < -0.3 is 18.8 Å². The van der Waals surface area contributed by atoms with Gasteiger partial charge in [0.15, 0.2) is 0 Å². The molecule has 0 N–H and O–H groups in total. The van der Waals surface area contributed by atoms with Gasteiger partial charge >= 0.3 is 6.18 Å². The van der Waals surface area contributed by atoms with Gasteiger partial charge in [0.05, 0.1) is 24.9 Å². The van der Waals surface area contributed by atoms with Crippen LogP contribution in [-0.4, -0.2) is 38.8 Å². The molecule has 1 atom stereocenters. The quantitative estimate of drug-likeness (QED) is 0.432. The molecule has 2 heterocycles. The summed E-state index contributed by atoms with van der Waals surface area (Å²) in [6.45, 7) is 4.02. The second kappa shape index (κ2) is 10.6. The standard InChI is InChI=1S/C25H28F3N3O3/c1-4-18(2)31(24(33)19-9-11-20(12-10-19)25(26,27)28)17-23(32)30(16-22-8-6-14-34-22)15-21-7-5-13-29(21)3/h5-14,18H,4,15-17H2,1-3H3. The molecule has 2 aromatic heterocycles. The first-order chi connectivity index (χ1) is 16.1. The molecule has 0 aliphatic rings. The highest BCUT2D eigenvalue weighted by atomic mass is 19.4. The Morgan fingerprint density at radius 3 is 2.29 bits per heavy atom. The number of hydrogen-bond donors (Lipinski definition) is 0. The topological polar surface area (TPSA) is 58.7 Å². The van der Waals surface area contributed by atoms with Crippen LogP contribution in [0.3, 0.4) is 0 Å². The fourth-order valence-electron chi connectivity index (χ4n) is 3.54. The lowest BCUT2D eigenvalue weighted by Gasteiger charge is -2.31. The number of amides is 2. The van der Waals surface area contributed by atoms with E-state index in [0.717, 1.165) is 30.0 Å². The van der Waals surface area contributed by atoms with Crippen LogP contribution >= 0.6 is 0 Å². The van der Waals surface area contributed by atoms with Gasteiger partial charge in [-0.3, -0.25) is 9.59 Å². The van der Waals surface area contributed by atoms with Gasteiger partial charge in [0.25, 0.3) is 5.91 Å². The lowest BCUT2D eigenvalue weighted by atomic mass is 10.1. The lowest BCUT2D eigenvalue weighted by Crippen LogP contribution is -2.46. The fourth-order valence-corrected chi connectivity index (χ4v) is 3.54. The second-order valence-electron chi connectivity index (χ2n) is 8.21. The van der Waals surface area contributed by atoms with Crippen molar-refractivity contribution in [2.75, 3.05) is 6.54 Å². The summed E-state index contributed by atoms with van der Waals surface area (Å²) in [5.41, 5.74) is 0.174. The molecule has 0 spiro atoms. The number of halogens is 3. The summed E-state index contributed by atoms with van der Waals surface area (Å²) in [4.78, 5) is 29.6. The van der Waals surface area contributed by atoms with E-state index in [-0.39, 0.29) is 30.6 Å². The maximum Gasteiger partial charge on any atom is 0.416 e. The Hall–Kier alpha value is -3.49. The molecule has 182 valence electrons. The normalized spacial score (nSPS) is 12.4. The zero-order valence-corrected chi connectivity index (χ0v) is 19.4. The number of nitrogens with zero attached hydrogens (tertiary/aromatic N) is 3. The minimum atomic E-state index is -4.49. The number of alkyl halides is 3. The average molecular weight is 476 g/mol. The number of hydrogen-bond acceptors (Lipinski definition) is 3. The van der Waals surface area contributed by atoms with Crippen molar-refractivity contribution < 1.29 is 27.2 Å². The number of benzene rings is 1. The number of carbonyl (C=O) groups excluding carboxylic acids is 2. The van der Waals surface area contributed by atoms with Crippen LogP contribution in [0.4, 0.5) is 13.2 Å². The SMILES string of the molecule is CCC(C)N(CC(=O)N(Cc1ccco1)Cc1cccn1C)C(=O)c1ccc(C(F)(F)F)cc1. The zero-order chi connectivity index (χ0) is 24.9. The molecule has 2 amide bonds. The number of aryl methyl sites for hydroxylation is 1. The predicted molar refractivity (Wildman–Crippen MR) is 121 cm³/mol. The Morgan fingerprint density at radius 1 is 1.06 bits per heavy atom. The average Bonchev–Trinajstić information content (AvgIpc) is 3.47. The summed E-state index contributed by atoms with van der Waals surface area (Å²) in [7, 11) is 1.88. The molecule has 1 aromatic carbocycles. The summed E-state index contributed by atoms with van der Waals surface area (Å²) in [6.07, 6.45) is -0.503. The largest absolute Gasteiger partial charge is 0.467 e. The van der Waals surface area contributed by atoms with Gasteiger partial charge in [0.2, 0.25) is 5.91 Å². The smallest absolute Gasteiger partial charge is 0.416 e. The third-order valence-corrected chi connectivity index (χ3v) is 5.83. The molecule has 34 heavy (non-hydrogen) atoms. The van der Waals surface area contributed by atoms with E-state index < -0.39 is 17.6 Å². The van der Waals surface area contributed by atoms with Crippen LogP contribution in [0.1, 0.15) is 47.6 Å². The van der Waals surface area contributed by atoms with E-state index in [2.05, 4.69) is 0 Å². The molecule has 1 unspecified atom stereocenters. The Labute approximate surface area is 196 Å². The second-order valence-corrected chi connectivity index (χ2v) is 8.21. The van der Waals surface area contributed by atoms with Gasteiger partial charge in [-0.05, 0) is 61.9 Å². The molecule has 0 radical (unpaired) electrons. The molecule has 0 aliphatic heterocycles. The molecule has 0 bridgehead atoms. The lowest BCUT2D eigenvalue weighted by molar-refractivity contribution is -0.137. The van der Waals surface area contributed by atoms with Gasteiger partial charge in [0.1, 0.15) is 12.3 Å². The van der Waals surface area contributed by atoms with Crippen molar-refractivity contribution in [3.63, 3.8) is 0 Å². The Morgan fingerprint density at radius 2 is 1.76 bits per heavy atom. The summed E-state index contributed by atoms with van der Waals surface area (Å²) in [5.74, 6) is -0.182. The van der Waals surface area contributed by atoms with E-state index in [9.17, 15) is 22.8 Å². The van der Waals surface area contributed by atoms with E-state index in [4.69, 9.17) is 4.42 Å². The molecular weight excluding hydrogens is 447 g/mol. The number of carbonyl (C=O) groups is 2. The first-order valence-corrected chi connectivity index (χ1v) is 11.0. The Bertz CT molecular complexity index is 1090. The maximum atomic E-state index is 13.4. The maximum absolute atomic E-state index is 13.4. The van der Waals surface area contributed by atoms with E-state index >= 15 is 0 Å². The van der Waals surface area contributed by atoms with Crippen molar-refractivity contribution in [3.8, 4) is 0 Å². The first-order valence-electron chi connectivity index (χ1n) is 11.0.